The number of nitrogens with two attached hydrogens (primary N) is 1. The molecule has 96 valence electrons. The number of nitrogens with zero attached hydrogens (tertiary/aromatic N) is 1. The first kappa shape index (κ1) is 12.2. The smallest absolute Gasteiger partial charge is 0.340 e. The van der Waals surface area contributed by atoms with E-state index in [1.807, 2.05) is 0 Å². The van der Waals surface area contributed by atoms with E-state index in [-0.39, 0.29) is 12.5 Å². The van der Waals surface area contributed by atoms with Crippen molar-refractivity contribution in [2.45, 2.75) is 0 Å². The van der Waals surface area contributed by atoms with Crippen LogP contribution in [0.4, 0.5) is 11.4 Å². The van der Waals surface area contributed by atoms with Gasteiger partial charge in [0, 0.05) is 13.1 Å². The van der Waals surface area contributed by atoms with E-state index in [0.717, 1.165) is 0 Å². The van der Waals surface area contributed by atoms with E-state index in [9.17, 15) is 9.59 Å². The SMILES string of the molecule is COC(=O)c1cccc(N)c1N1CCNC(=O)C1. The third-order valence-electron chi connectivity index (χ3n) is 2.83. The van der Waals surface area contributed by atoms with Crippen molar-refractivity contribution in [1.29, 1.82) is 0 Å². The monoisotopic (exact) mass is 249 g/mol. The predicted molar refractivity (Wildman–Crippen MR) is 67.4 cm³/mol. The molecule has 6 heteroatoms. The van der Waals surface area contributed by atoms with Crippen LogP contribution < -0.4 is 16.0 Å². The summed E-state index contributed by atoms with van der Waals surface area (Å²) in [4.78, 5) is 24.9. The molecule has 6 nitrogen and oxygen atoms in total. The van der Waals surface area contributed by atoms with Crippen LogP contribution in [-0.4, -0.2) is 38.6 Å². The second kappa shape index (κ2) is 4.95. The van der Waals surface area contributed by atoms with Crippen molar-refractivity contribution in [1.82, 2.24) is 5.32 Å². The molecule has 1 aromatic rings. The molecule has 3 N–H and O–H groups in total. The fraction of sp³-hybridized carbons (Fsp3) is 0.333. The van der Waals surface area contributed by atoms with Gasteiger partial charge in [-0.15, -0.1) is 0 Å². The highest BCUT2D eigenvalue weighted by molar-refractivity contribution is 6.00. The van der Waals surface area contributed by atoms with E-state index in [0.29, 0.717) is 30.0 Å². The summed E-state index contributed by atoms with van der Waals surface area (Å²) in [7, 11) is 1.32. The van der Waals surface area contributed by atoms with Crippen molar-refractivity contribution >= 4 is 23.3 Å². The van der Waals surface area contributed by atoms with Crippen LogP contribution >= 0.6 is 0 Å². The lowest BCUT2D eigenvalue weighted by Crippen LogP contribution is -2.48. The molecule has 0 radical (unpaired) electrons. The highest BCUT2D eigenvalue weighted by Crippen LogP contribution is 2.28. The molecule has 1 aliphatic heterocycles. The van der Waals surface area contributed by atoms with Crippen LogP contribution in [0.15, 0.2) is 18.2 Å². The van der Waals surface area contributed by atoms with Crippen LogP contribution in [0.3, 0.4) is 0 Å². The quantitative estimate of drug-likeness (QED) is 0.569. The minimum absolute atomic E-state index is 0.0830. The topological polar surface area (TPSA) is 84.7 Å². The standard InChI is InChI=1S/C12H15N3O3/c1-18-12(17)8-3-2-4-9(13)11(8)15-6-5-14-10(16)7-15/h2-4H,5-7,13H2,1H3,(H,14,16). The summed E-state index contributed by atoms with van der Waals surface area (Å²) in [5.74, 6) is -0.538. The summed E-state index contributed by atoms with van der Waals surface area (Å²) < 4.78 is 4.73. The van der Waals surface area contributed by atoms with E-state index in [4.69, 9.17) is 10.5 Å². The second-order valence-corrected chi connectivity index (χ2v) is 4.01. The molecule has 18 heavy (non-hydrogen) atoms. The number of amides is 1. The van der Waals surface area contributed by atoms with E-state index in [2.05, 4.69) is 5.32 Å². The number of carbonyl (C=O) groups excluding carboxylic acids is 2. The maximum Gasteiger partial charge on any atom is 0.340 e. The number of carbonyl (C=O) groups is 2. The number of para-hydroxylation sites is 1. The van der Waals surface area contributed by atoms with Crippen LogP contribution in [0.5, 0.6) is 0 Å². The lowest BCUT2D eigenvalue weighted by Gasteiger charge is -2.30. The van der Waals surface area contributed by atoms with Gasteiger partial charge in [0.2, 0.25) is 5.91 Å². The molecule has 0 aromatic heterocycles. The number of hydrogen-bond donors (Lipinski definition) is 2. The molecule has 1 heterocycles. The summed E-state index contributed by atoms with van der Waals surface area (Å²) in [5.41, 5.74) is 7.32. The summed E-state index contributed by atoms with van der Waals surface area (Å²) in [6.45, 7) is 1.34. The van der Waals surface area contributed by atoms with Gasteiger partial charge in [-0.3, -0.25) is 4.79 Å². The molecular weight excluding hydrogens is 234 g/mol. The molecule has 1 aliphatic rings. The van der Waals surface area contributed by atoms with Gasteiger partial charge in [0.05, 0.1) is 30.6 Å². The third-order valence-corrected chi connectivity index (χ3v) is 2.83. The average Bonchev–Trinajstić information content (AvgIpc) is 2.37. The zero-order chi connectivity index (χ0) is 13.1. The average molecular weight is 249 g/mol. The van der Waals surface area contributed by atoms with Crippen molar-refractivity contribution < 1.29 is 14.3 Å². The minimum atomic E-state index is -0.455. The molecule has 0 unspecified atom stereocenters. The van der Waals surface area contributed by atoms with Crippen molar-refractivity contribution in [3.8, 4) is 0 Å². The number of anilines is 2. The normalized spacial score (nSPS) is 15.2. The Morgan fingerprint density at radius 2 is 2.28 bits per heavy atom. The highest BCUT2D eigenvalue weighted by atomic mass is 16.5. The van der Waals surface area contributed by atoms with Gasteiger partial charge in [-0.1, -0.05) is 6.07 Å². The number of nitrogen functional groups attached to an aromatic ring is 1. The zero-order valence-electron chi connectivity index (χ0n) is 10.1. The van der Waals surface area contributed by atoms with Gasteiger partial charge >= 0.3 is 5.97 Å². The van der Waals surface area contributed by atoms with Crippen molar-refractivity contribution in [3.63, 3.8) is 0 Å². The highest BCUT2D eigenvalue weighted by Gasteiger charge is 2.23. The van der Waals surface area contributed by atoms with Crippen LogP contribution in [0, 0.1) is 0 Å². The lowest BCUT2D eigenvalue weighted by molar-refractivity contribution is -0.120. The molecule has 1 amide bonds. The third kappa shape index (κ3) is 2.22. The number of ether oxygens (including phenoxy) is 1. The van der Waals surface area contributed by atoms with Crippen molar-refractivity contribution in [2.75, 3.05) is 37.4 Å². The van der Waals surface area contributed by atoms with Crippen LogP contribution in [-0.2, 0) is 9.53 Å². The molecule has 0 bridgehead atoms. The van der Waals surface area contributed by atoms with Gasteiger partial charge in [-0.05, 0) is 12.1 Å². The molecule has 0 saturated carbocycles. The molecule has 1 saturated heterocycles. The maximum atomic E-state index is 11.7. The lowest BCUT2D eigenvalue weighted by atomic mass is 10.1. The summed E-state index contributed by atoms with van der Waals surface area (Å²) in [5, 5.41) is 2.73. The van der Waals surface area contributed by atoms with Crippen LogP contribution in [0.1, 0.15) is 10.4 Å². The van der Waals surface area contributed by atoms with Gasteiger partial charge in [0.25, 0.3) is 0 Å². The number of rotatable bonds is 2. The Kier molecular flexibility index (Phi) is 3.36. The van der Waals surface area contributed by atoms with E-state index in [1.165, 1.54) is 7.11 Å². The number of nitrogens with one attached hydrogen (secondary N) is 1. The predicted octanol–water partition coefficient (Wildman–Crippen LogP) is -0.00840. The summed E-state index contributed by atoms with van der Waals surface area (Å²) in [6, 6.07) is 5.04. The van der Waals surface area contributed by atoms with Crippen molar-refractivity contribution in [2.24, 2.45) is 0 Å². The van der Waals surface area contributed by atoms with Gasteiger partial charge in [0.15, 0.2) is 0 Å². The maximum absolute atomic E-state index is 11.7. The van der Waals surface area contributed by atoms with E-state index >= 15 is 0 Å². The number of methoxy groups -OCH3 is 1. The Bertz CT molecular complexity index is 487. The Balaban J connectivity index is 2.41. The second-order valence-electron chi connectivity index (χ2n) is 4.01. The molecule has 0 aliphatic carbocycles. The molecule has 0 atom stereocenters. The van der Waals surface area contributed by atoms with Crippen LogP contribution in [0.25, 0.3) is 0 Å². The summed E-state index contributed by atoms with van der Waals surface area (Å²) in [6.07, 6.45) is 0. The minimum Gasteiger partial charge on any atom is -0.465 e. The van der Waals surface area contributed by atoms with Gasteiger partial charge in [-0.25, -0.2) is 4.79 Å². The molecule has 1 fully saturated rings. The molecule has 0 spiro atoms. The number of esters is 1. The van der Waals surface area contributed by atoms with Crippen molar-refractivity contribution in [3.05, 3.63) is 23.8 Å². The van der Waals surface area contributed by atoms with Gasteiger partial charge in [-0.2, -0.15) is 0 Å². The molecule has 2 rings (SSSR count). The molecular formula is C12H15N3O3. The fourth-order valence-corrected chi connectivity index (χ4v) is 2.02. The Hall–Kier alpha value is -2.24. The van der Waals surface area contributed by atoms with Gasteiger partial charge in [0.1, 0.15) is 0 Å². The fourth-order valence-electron chi connectivity index (χ4n) is 2.02. The Labute approximate surface area is 105 Å². The van der Waals surface area contributed by atoms with Crippen LogP contribution in [0.2, 0.25) is 0 Å². The number of benzene rings is 1. The number of hydrogen-bond acceptors (Lipinski definition) is 5. The first-order valence-corrected chi connectivity index (χ1v) is 5.62. The Morgan fingerprint density at radius 3 is 2.94 bits per heavy atom. The summed E-state index contributed by atoms with van der Waals surface area (Å²) >= 11 is 0. The zero-order valence-corrected chi connectivity index (χ0v) is 10.1. The number of piperazine rings is 1. The van der Waals surface area contributed by atoms with E-state index < -0.39 is 5.97 Å². The molecule has 1 aromatic carbocycles. The van der Waals surface area contributed by atoms with Gasteiger partial charge < -0.3 is 20.7 Å². The Morgan fingerprint density at radius 1 is 1.50 bits per heavy atom. The van der Waals surface area contributed by atoms with E-state index in [1.54, 1.807) is 23.1 Å². The largest absolute Gasteiger partial charge is 0.465 e. The first-order valence-electron chi connectivity index (χ1n) is 5.62. The first-order chi connectivity index (χ1) is 8.63.